The van der Waals surface area contributed by atoms with Gasteiger partial charge in [0.05, 0.1) is 38.7 Å². The van der Waals surface area contributed by atoms with Crippen molar-refractivity contribution in [3.63, 3.8) is 0 Å². The minimum atomic E-state index is -3.58. The highest BCUT2D eigenvalue weighted by atomic mass is 32.2. The molecule has 4 aromatic rings. The number of fused-ring (bicyclic) bond motifs is 1. The molecule has 1 amide bonds. The number of amides is 1. The van der Waals surface area contributed by atoms with Gasteiger partial charge < -0.3 is 25.4 Å². The Labute approximate surface area is 281 Å². The van der Waals surface area contributed by atoms with Crippen LogP contribution >= 0.6 is 0 Å². The molecule has 4 N–H and O–H groups in total. The summed E-state index contributed by atoms with van der Waals surface area (Å²) in [6.07, 6.45) is 2.68. The van der Waals surface area contributed by atoms with Crippen molar-refractivity contribution in [3.8, 4) is 5.75 Å². The molecule has 2 unspecified atom stereocenters. The van der Waals surface area contributed by atoms with Crippen LogP contribution in [-0.4, -0.2) is 68.6 Å². The molecule has 1 saturated carbocycles. The van der Waals surface area contributed by atoms with E-state index in [-0.39, 0.29) is 34.3 Å². The van der Waals surface area contributed by atoms with Crippen LogP contribution < -0.4 is 15.4 Å². The summed E-state index contributed by atoms with van der Waals surface area (Å²) in [4.78, 5) is 23.4. The second-order valence-electron chi connectivity index (χ2n) is 14.0. The van der Waals surface area contributed by atoms with E-state index in [2.05, 4.69) is 40.7 Å². The van der Waals surface area contributed by atoms with Crippen molar-refractivity contribution >= 4 is 50.1 Å². The predicted octanol–water partition coefficient (Wildman–Crippen LogP) is 7.45. The second kappa shape index (κ2) is 12.6. The van der Waals surface area contributed by atoms with Crippen molar-refractivity contribution in [2.45, 2.75) is 102 Å². The van der Waals surface area contributed by atoms with Gasteiger partial charge in [0.25, 0.3) is 0 Å². The Morgan fingerprint density at radius 1 is 1.08 bits per heavy atom. The summed E-state index contributed by atoms with van der Waals surface area (Å²) in [5, 5.41) is 23.9. The van der Waals surface area contributed by atoms with Gasteiger partial charge in [0.2, 0.25) is 5.95 Å². The molecule has 12 nitrogen and oxygen atoms in total. The maximum Gasteiger partial charge on any atom is 0.407 e. The Balaban J connectivity index is 1.36. The highest BCUT2D eigenvalue weighted by Gasteiger charge is 2.51. The Morgan fingerprint density at radius 2 is 1.81 bits per heavy atom. The Bertz CT molecular complexity index is 1970. The number of nitrogens with one attached hydrogen (secondary N) is 3. The maximum atomic E-state index is 13.2. The van der Waals surface area contributed by atoms with Gasteiger partial charge >= 0.3 is 6.09 Å². The fourth-order valence-corrected chi connectivity index (χ4v) is 8.01. The number of rotatable bonds is 10. The molecular formula is C35H45N7O5S. The number of hydrogen-bond donors (Lipinski definition) is 4. The molecule has 1 saturated heterocycles. The normalized spacial score (nSPS) is 19.1. The number of carbonyl (C=O) groups is 1. The number of aryl methyl sites for hydroxylation is 2. The Hall–Kier alpha value is -4.39. The van der Waals surface area contributed by atoms with Gasteiger partial charge in [0.15, 0.2) is 15.5 Å². The van der Waals surface area contributed by atoms with Crippen molar-refractivity contribution in [2.24, 2.45) is 5.41 Å². The number of aromatic amines is 1. The van der Waals surface area contributed by atoms with Gasteiger partial charge in [0.1, 0.15) is 11.6 Å². The molecule has 1 aliphatic carbocycles. The summed E-state index contributed by atoms with van der Waals surface area (Å²) in [5.74, 6) is 1.53. The highest BCUT2D eigenvalue weighted by molar-refractivity contribution is 7.92. The monoisotopic (exact) mass is 675 g/mol. The standard InChI is InChI=1S/C35H45N7O5S/c1-19(2)47-27-18-24(23-12-15-42(34(43)44)29(17-23)35(7)13-14-35)21(5)16-26(27)37-33-38-31(30-22(6)40-41-32(30)39-33)36-25-10-8-9-11-28(25)48(45,46)20(3)4/h8-11,16,18-20,23,29H,12-15,17H2,1-7H3,(H,43,44)(H3,36,37,38,39,40,41). The van der Waals surface area contributed by atoms with Crippen LogP contribution in [0.5, 0.6) is 5.75 Å². The topological polar surface area (TPSA) is 162 Å². The molecule has 3 heterocycles. The van der Waals surface area contributed by atoms with Crippen molar-refractivity contribution in [2.75, 3.05) is 17.2 Å². The van der Waals surface area contributed by atoms with Crippen molar-refractivity contribution < 1.29 is 23.1 Å². The third kappa shape index (κ3) is 6.39. The van der Waals surface area contributed by atoms with Gasteiger partial charge in [-0.2, -0.15) is 15.1 Å². The van der Waals surface area contributed by atoms with Gasteiger partial charge in [-0.1, -0.05) is 19.1 Å². The zero-order chi connectivity index (χ0) is 34.5. The van der Waals surface area contributed by atoms with Gasteiger partial charge in [-0.05, 0) is 114 Å². The molecule has 0 spiro atoms. The number of anilines is 4. The number of likely N-dealkylation sites (tertiary alicyclic amines) is 1. The van der Waals surface area contributed by atoms with E-state index in [1.54, 1.807) is 43.0 Å². The molecule has 0 radical (unpaired) electrons. The lowest BCUT2D eigenvalue weighted by atomic mass is 9.78. The smallest absolute Gasteiger partial charge is 0.407 e. The quantitative estimate of drug-likeness (QED) is 0.133. The first kappa shape index (κ1) is 33.5. The summed E-state index contributed by atoms with van der Waals surface area (Å²) in [7, 11) is -3.58. The SMILES string of the molecule is Cc1cc(Nc2nc(Nc3ccccc3S(=O)(=O)C(C)C)c3c(C)n[nH]c3n2)c(OC(C)C)cc1C1CCN(C(=O)O)C(C2(C)CC2)C1. The van der Waals surface area contributed by atoms with E-state index in [1.807, 2.05) is 26.8 Å². The molecule has 256 valence electrons. The van der Waals surface area contributed by atoms with Crippen LogP contribution in [0.1, 0.15) is 83.0 Å². The molecule has 2 fully saturated rings. The molecule has 2 aromatic heterocycles. The van der Waals surface area contributed by atoms with Crippen LogP contribution in [0.25, 0.3) is 11.0 Å². The van der Waals surface area contributed by atoms with E-state index >= 15 is 0 Å². The van der Waals surface area contributed by atoms with Crippen LogP contribution in [0.15, 0.2) is 41.3 Å². The fourth-order valence-electron chi connectivity index (χ4n) is 6.80. The fraction of sp³-hybridized carbons (Fsp3) is 0.486. The van der Waals surface area contributed by atoms with Crippen LogP contribution in [0, 0.1) is 19.3 Å². The minimum Gasteiger partial charge on any atom is -0.489 e. The summed E-state index contributed by atoms with van der Waals surface area (Å²) >= 11 is 0. The van der Waals surface area contributed by atoms with Gasteiger partial charge in [-0.3, -0.25) is 5.10 Å². The first-order valence-corrected chi connectivity index (χ1v) is 18.1. The Morgan fingerprint density at radius 3 is 2.48 bits per heavy atom. The summed E-state index contributed by atoms with van der Waals surface area (Å²) in [6.45, 7) is 13.9. The van der Waals surface area contributed by atoms with Gasteiger partial charge in [-0.15, -0.1) is 0 Å². The van der Waals surface area contributed by atoms with E-state index in [1.165, 1.54) is 0 Å². The number of carboxylic acid groups (broad SMARTS) is 1. The number of piperidine rings is 1. The predicted molar refractivity (Wildman–Crippen MR) is 187 cm³/mol. The van der Waals surface area contributed by atoms with Crippen molar-refractivity contribution in [1.82, 2.24) is 25.1 Å². The second-order valence-corrected chi connectivity index (χ2v) is 16.5. The lowest BCUT2D eigenvalue weighted by Gasteiger charge is -2.42. The summed E-state index contributed by atoms with van der Waals surface area (Å²) in [6, 6.07) is 10.9. The molecule has 13 heteroatoms. The van der Waals surface area contributed by atoms with E-state index in [0.717, 1.165) is 36.8 Å². The first-order chi connectivity index (χ1) is 22.7. The molecule has 2 aromatic carbocycles. The zero-order valence-electron chi connectivity index (χ0n) is 28.6. The van der Waals surface area contributed by atoms with Gasteiger partial charge in [0, 0.05) is 12.6 Å². The lowest BCUT2D eigenvalue weighted by Crippen LogP contribution is -2.49. The van der Waals surface area contributed by atoms with Crippen LogP contribution in [0.4, 0.5) is 27.9 Å². The van der Waals surface area contributed by atoms with E-state index in [9.17, 15) is 18.3 Å². The number of hydrogen-bond acceptors (Lipinski definition) is 9. The number of aromatic nitrogens is 4. The number of H-pyrrole nitrogens is 1. The zero-order valence-corrected chi connectivity index (χ0v) is 29.4. The van der Waals surface area contributed by atoms with Crippen LogP contribution in [0.3, 0.4) is 0 Å². The summed E-state index contributed by atoms with van der Waals surface area (Å²) < 4.78 is 32.7. The third-order valence-corrected chi connectivity index (χ3v) is 12.0. The molecule has 2 aliphatic rings. The van der Waals surface area contributed by atoms with Crippen LogP contribution in [0.2, 0.25) is 0 Å². The van der Waals surface area contributed by atoms with Gasteiger partial charge in [-0.25, -0.2) is 13.2 Å². The number of benzene rings is 2. The number of ether oxygens (including phenoxy) is 1. The van der Waals surface area contributed by atoms with E-state index in [0.29, 0.717) is 46.2 Å². The van der Waals surface area contributed by atoms with E-state index in [4.69, 9.17) is 14.7 Å². The highest BCUT2D eigenvalue weighted by Crippen LogP contribution is 2.54. The average Bonchev–Trinajstić information content (AvgIpc) is 3.67. The summed E-state index contributed by atoms with van der Waals surface area (Å²) in [5.41, 5.74) is 4.50. The van der Waals surface area contributed by atoms with Crippen molar-refractivity contribution in [1.29, 1.82) is 0 Å². The Kier molecular flexibility index (Phi) is 8.78. The molecule has 2 atom stereocenters. The van der Waals surface area contributed by atoms with Crippen LogP contribution in [-0.2, 0) is 9.84 Å². The molecule has 6 rings (SSSR count). The molecule has 48 heavy (non-hydrogen) atoms. The number of sulfone groups is 1. The number of nitrogens with zero attached hydrogens (tertiary/aromatic N) is 4. The van der Waals surface area contributed by atoms with Crippen molar-refractivity contribution in [3.05, 3.63) is 53.2 Å². The number of para-hydroxylation sites is 1. The third-order valence-electron chi connectivity index (χ3n) is 9.78. The molecule has 1 aliphatic heterocycles. The maximum absolute atomic E-state index is 13.2. The molecular weight excluding hydrogens is 630 g/mol. The minimum absolute atomic E-state index is 0.00927. The average molecular weight is 676 g/mol. The largest absolute Gasteiger partial charge is 0.489 e. The van der Waals surface area contributed by atoms with E-state index < -0.39 is 21.2 Å². The lowest BCUT2D eigenvalue weighted by molar-refractivity contribution is 0.0728. The molecule has 0 bridgehead atoms. The first-order valence-electron chi connectivity index (χ1n) is 16.6.